The van der Waals surface area contributed by atoms with E-state index in [4.69, 9.17) is 5.14 Å². The Balaban J connectivity index is 2.68. The Morgan fingerprint density at radius 3 is 1.96 bits per heavy atom. The molecule has 0 radical (unpaired) electrons. The van der Waals surface area contributed by atoms with Crippen molar-refractivity contribution in [2.75, 3.05) is 0 Å². The first-order valence-electron chi connectivity index (χ1n) is 7.76. The van der Waals surface area contributed by atoms with Crippen molar-refractivity contribution in [3.63, 3.8) is 0 Å². The molecule has 2 aromatic rings. The van der Waals surface area contributed by atoms with Crippen LogP contribution >= 0.6 is 0 Å². The highest BCUT2D eigenvalue weighted by molar-refractivity contribution is 7.89. The summed E-state index contributed by atoms with van der Waals surface area (Å²) in [6, 6.07) is 3.76. The minimum atomic E-state index is -3.89. The summed E-state index contributed by atoms with van der Waals surface area (Å²) in [5.74, 6) is 0.252. The van der Waals surface area contributed by atoms with Gasteiger partial charge in [-0.25, -0.2) is 23.3 Å². The molecule has 0 saturated carbocycles. The minimum Gasteiger partial charge on any atom is -0.252 e. The fourth-order valence-electron chi connectivity index (χ4n) is 2.50. The van der Waals surface area contributed by atoms with Gasteiger partial charge in [-0.05, 0) is 35.1 Å². The van der Waals surface area contributed by atoms with Crippen molar-refractivity contribution in [3.8, 4) is 11.3 Å². The van der Waals surface area contributed by atoms with Gasteiger partial charge in [-0.3, -0.25) is 4.98 Å². The predicted octanol–water partition coefficient (Wildman–Crippen LogP) is 3.01. The molecule has 2 N–H and O–H groups in total. The van der Waals surface area contributed by atoms with E-state index in [0.717, 1.165) is 22.9 Å². The van der Waals surface area contributed by atoms with Gasteiger partial charge in [-0.2, -0.15) is 4.99 Å². The van der Waals surface area contributed by atoms with Crippen molar-refractivity contribution in [3.05, 3.63) is 35.7 Å². The van der Waals surface area contributed by atoms with Crippen molar-refractivity contribution in [1.29, 1.82) is 0 Å². The van der Waals surface area contributed by atoms with Crippen LogP contribution < -0.4 is 5.14 Å². The number of isocyanates is 1. The molecular formula is C17H20N4O3S. The van der Waals surface area contributed by atoms with E-state index in [1.165, 1.54) is 6.20 Å². The van der Waals surface area contributed by atoms with Crippen molar-refractivity contribution in [2.45, 2.75) is 44.6 Å². The van der Waals surface area contributed by atoms with Gasteiger partial charge >= 0.3 is 0 Å². The number of nitrogens with zero attached hydrogens (tertiary/aromatic N) is 3. The maximum Gasteiger partial charge on any atom is 0.257 e. The van der Waals surface area contributed by atoms with Crippen molar-refractivity contribution >= 4 is 21.8 Å². The highest BCUT2D eigenvalue weighted by Gasteiger charge is 2.18. The molecule has 1 aromatic carbocycles. The number of rotatable bonds is 5. The quantitative estimate of drug-likeness (QED) is 0.650. The van der Waals surface area contributed by atoms with Gasteiger partial charge in [0, 0.05) is 5.56 Å². The van der Waals surface area contributed by atoms with Crippen LogP contribution in [-0.4, -0.2) is 24.5 Å². The van der Waals surface area contributed by atoms with E-state index in [9.17, 15) is 13.2 Å². The number of nitrogens with two attached hydrogens (primary N) is 1. The Bertz CT molecular complexity index is 900. The highest BCUT2D eigenvalue weighted by atomic mass is 32.2. The maximum absolute atomic E-state index is 11.3. The van der Waals surface area contributed by atoms with Crippen LogP contribution in [0.25, 0.3) is 11.3 Å². The minimum absolute atomic E-state index is 0.126. The molecule has 0 saturated heterocycles. The molecule has 0 aliphatic heterocycles. The number of primary sulfonamides is 1. The second kappa shape index (κ2) is 7.23. The third-order valence-electron chi connectivity index (χ3n) is 3.79. The van der Waals surface area contributed by atoms with Gasteiger partial charge in [-0.1, -0.05) is 27.7 Å². The zero-order valence-electron chi connectivity index (χ0n) is 14.5. The van der Waals surface area contributed by atoms with Crippen LogP contribution in [0.4, 0.5) is 5.69 Å². The van der Waals surface area contributed by atoms with E-state index in [0.29, 0.717) is 11.4 Å². The van der Waals surface area contributed by atoms with Crippen LogP contribution in [0.2, 0.25) is 0 Å². The monoisotopic (exact) mass is 360 g/mol. The second-order valence-electron chi connectivity index (χ2n) is 6.30. The summed E-state index contributed by atoms with van der Waals surface area (Å²) in [5.41, 5.74) is 3.69. The lowest BCUT2D eigenvalue weighted by atomic mass is 9.90. The summed E-state index contributed by atoms with van der Waals surface area (Å²) in [4.78, 5) is 22.8. The van der Waals surface area contributed by atoms with Crippen LogP contribution in [0.3, 0.4) is 0 Å². The Morgan fingerprint density at radius 2 is 1.60 bits per heavy atom. The second-order valence-corrected chi connectivity index (χ2v) is 7.81. The molecule has 0 unspecified atom stereocenters. The smallest absolute Gasteiger partial charge is 0.252 e. The van der Waals surface area contributed by atoms with Gasteiger partial charge in [-0.15, -0.1) is 0 Å². The Morgan fingerprint density at radius 1 is 1.04 bits per heavy atom. The third-order valence-corrected chi connectivity index (χ3v) is 4.58. The van der Waals surface area contributed by atoms with Gasteiger partial charge in [0.1, 0.15) is 0 Å². The first-order valence-corrected chi connectivity index (χ1v) is 9.30. The lowest BCUT2D eigenvalue weighted by molar-refractivity contribution is 0.565. The molecule has 0 fully saturated rings. The van der Waals surface area contributed by atoms with Gasteiger partial charge in [0.15, 0.2) is 5.03 Å². The first-order chi connectivity index (χ1) is 11.6. The van der Waals surface area contributed by atoms with Crippen LogP contribution in [0.1, 0.15) is 50.7 Å². The molecule has 1 aromatic heterocycles. The molecule has 7 nitrogen and oxygen atoms in total. The molecule has 25 heavy (non-hydrogen) atoms. The maximum atomic E-state index is 11.3. The molecule has 0 aliphatic carbocycles. The van der Waals surface area contributed by atoms with Gasteiger partial charge < -0.3 is 0 Å². The van der Waals surface area contributed by atoms with Gasteiger partial charge in [0.2, 0.25) is 6.08 Å². The average Bonchev–Trinajstić information content (AvgIpc) is 2.54. The normalized spacial score (nSPS) is 11.6. The molecule has 1 heterocycles. The highest BCUT2D eigenvalue weighted by Crippen LogP contribution is 2.38. The lowest BCUT2D eigenvalue weighted by Crippen LogP contribution is -2.14. The lowest BCUT2D eigenvalue weighted by Gasteiger charge is -2.17. The number of hydrogen-bond acceptors (Lipinski definition) is 6. The summed E-state index contributed by atoms with van der Waals surface area (Å²) in [5, 5.41) is 4.76. The standard InChI is InChI=1S/C17H20N4O3S/c1-10(2)13-5-12(6-14(11(3)4)17(13)21-9-22)15-7-20-16(8-19-15)25(18,23)24/h5-8,10-11H,1-4H3,(H2,18,23,24). The van der Waals surface area contributed by atoms with Crippen molar-refractivity contribution < 1.29 is 13.2 Å². The number of carbonyl (C=O) groups excluding carboxylic acids is 1. The van der Waals surface area contributed by atoms with Crippen LogP contribution in [-0.2, 0) is 14.8 Å². The van der Waals surface area contributed by atoms with E-state index >= 15 is 0 Å². The molecule has 0 amide bonds. The summed E-state index contributed by atoms with van der Waals surface area (Å²) in [6.07, 6.45) is 4.12. The molecular weight excluding hydrogens is 340 g/mol. The summed E-state index contributed by atoms with van der Waals surface area (Å²) < 4.78 is 22.6. The number of hydrogen-bond donors (Lipinski definition) is 1. The van der Waals surface area contributed by atoms with Crippen molar-refractivity contribution in [1.82, 2.24) is 9.97 Å². The van der Waals surface area contributed by atoms with Gasteiger partial charge in [0.05, 0.1) is 23.8 Å². The average molecular weight is 360 g/mol. The van der Waals surface area contributed by atoms with E-state index in [1.54, 1.807) is 6.08 Å². The SMILES string of the molecule is CC(C)c1cc(-c2cnc(S(N)(=O)=O)cn2)cc(C(C)C)c1N=C=O. The molecule has 132 valence electrons. The van der Waals surface area contributed by atoms with Crippen LogP contribution in [0.15, 0.2) is 34.5 Å². The van der Waals surface area contributed by atoms with Crippen LogP contribution in [0, 0.1) is 0 Å². The summed E-state index contributed by atoms with van der Waals surface area (Å²) in [6.45, 7) is 8.01. The number of sulfonamides is 1. The molecule has 2 rings (SSSR count). The molecule has 0 bridgehead atoms. The summed E-state index contributed by atoms with van der Waals surface area (Å²) in [7, 11) is -3.89. The van der Waals surface area contributed by atoms with E-state index in [1.807, 2.05) is 39.8 Å². The Labute approximate surface area is 147 Å². The molecule has 0 aliphatic rings. The van der Waals surface area contributed by atoms with Gasteiger partial charge in [0.25, 0.3) is 10.0 Å². The zero-order chi connectivity index (χ0) is 18.8. The largest absolute Gasteiger partial charge is 0.257 e. The zero-order valence-corrected chi connectivity index (χ0v) is 15.3. The fourth-order valence-corrected chi connectivity index (χ4v) is 2.89. The van der Waals surface area contributed by atoms with E-state index in [-0.39, 0.29) is 16.9 Å². The molecule has 8 heteroatoms. The third kappa shape index (κ3) is 4.17. The Hall–Kier alpha value is -2.41. The number of benzene rings is 1. The Kier molecular flexibility index (Phi) is 5.47. The van der Waals surface area contributed by atoms with Crippen molar-refractivity contribution in [2.24, 2.45) is 10.1 Å². The topological polar surface area (TPSA) is 115 Å². The number of aliphatic imine (C=N–C) groups is 1. The number of aromatic nitrogens is 2. The summed E-state index contributed by atoms with van der Waals surface area (Å²) >= 11 is 0. The van der Waals surface area contributed by atoms with E-state index < -0.39 is 10.0 Å². The predicted molar refractivity (Wildman–Crippen MR) is 94.8 cm³/mol. The first kappa shape index (κ1) is 18.9. The fraction of sp³-hybridized carbons (Fsp3) is 0.353. The van der Waals surface area contributed by atoms with Crippen LogP contribution in [0.5, 0.6) is 0 Å². The molecule has 0 spiro atoms. The molecule has 0 atom stereocenters. The van der Waals surface area contributed by atoms with E-state index in [2.05, 4.69) is 15.0 Å².